The van der Waals surface area contributed by atoms with Crippen LogP contribution in [-0.4, -0.2) is 16.7 Å². The number of hydrogen-bond acceptors (Lipinski definition) is 3. The highest BCUT2D eigenvalue weighted by Crippen LogP contribution is 2.49. The van der Waals surface area contributed by atoms with Crippen molar-refractivity contribution in [2.45, 2.75) is 18.7 Å². The summed E-state index contributed by atoms with van der Waals surface area (Å²) in [7, 11) is 0. The molecule has 5 rings (SSSR count). The topological polar surface area (TPSA) is 53.6 Å². The lowest BCUT2D eigenvalue weighted by Gasteiger charge is -2.56. The molecule has 2 aliphatic rings. The number of hydrogen-bond donors (Lipinski definition) is 2. The fourth-order valence-electron chi connectivity index (χ4n) is 4.44. The summed E-state index contributed by atoms with van der Waals surface area (Å²) in [6, 6.07) is 26.8. The molecule has 3 aromatic carbocycles. The first-order valence-electron chi connectivity index (χ1n) is 9.87. The number of anilines is 2. The fraction of sp³-hybridized carbons (Fsp3) is 0.167. The van der Waals surface area contributed by atoms with E-state index in [1.165, 1.54) is 0 Å². The molecule has 150 valence electrons. The van der Waals surface area contributed by atoms with Crippen LogP contribution in [0.2, 0.25) is 0 Å². The average Bonchev–Trinajstić information content (AvgIpc) is 2.74. The zero-order valence-electron chi connectivity index (χ0n) is 16.4. The summed E-state index contributed by atoms with van der Waals surface area (Å²) in [6.45, 7) is 1.94. The van der Waals surface area contributed by atoms with Crippen LogP contribution >= 0.6 is 12.2 Å². The van der Waals surface area contributed by atoms with E-state index < -0.39 is 11.6 Å². The van der Waals surface area contributed by atoms with Crippen molar-refractivity contribution in [2.24, 2.45) is 5.92 Å². The SMILES string of the molecule is C[C@]12Oc3ccccc3[C@H](NC(=S)N1c1ccccc1)[C@H]2C(=O)Nc1ccccc1. The van der Waals surface area contributed by atoms with Crippen LogP contribution in [0.25, 0.3) is 0 Å². The highest BCUT2D eigenvalue weighted by Gasteiger charge is 2.59. The molecule has 2 bridgehead atoms. The Morgan fingerprint density at radius 1 is 1.00 bits per heavy atom. The van der Waals surface area contributed by atoms with Gasteiger partial charge in [-0.05, 0) is 49.5 Å². The van der Waals surface area contributed by atoms with Crippen LogP contribution in [0.5, 0.6) is 5.75 Å². The molecular weight excluding hydrogens is 394 g/mol. The molecule has 1 amide bonds. The summed E-state index contributed by atoms with van der Waals surface area (Å²) in [6.07, 6.45) is 0. The largest absolute Gasteiger partial charge is 0.467 e. The van der Waals surface area contributed by atoms with E-state index >= 15 is 0 Å². The Balaban J connectivity index is 1.63. The Morgan fingerprint density at radius 3 is 2.37 bits per heavy atom. The van der Waals surface area contributed by atoms with Gasteiger partial charge in [0.25, 0.3) is 0 Å². The van der Waals surface area contributed by atoms with Gasteiger partial charge in [0, 0.05) is 16.9 Å². The lowest BCUT2D eigenvalue weighted by atomic mass is 9.78. The Labute approximate surface area is 180 Å². The molecule has 0 unspecified atom stereocenters. The van der Waals surface area contributed by atoms with Crippen LogP contribution in [0.4, 0.5) is 11.4 Å². The number of nitrogens with one attached hydrogen (secondary N) is 2. The average molecular weight is 416 g/mol. The van der Waals surface area contributed by atoms with Crippen molar-refractivity contribution in [1.29, 1.82) is 0 Å². The number of para-hydroxylation sites is 3. The molecule has 6 heteroatoms. The zero-order chi connectivity index (χ0) is 20.7. The standard InChI is InChI=1S/C24H21N3O2S/c1-24-20(22(28)25-16-10-4-2-5-11-16)21(18-14-8-9-15-19(18)29-24)26-23(30)27(24)17-12-6-3-7-13-17/h2-15,20-21H,1H3,(H,25,28)(H,26,30)/t20-,21-,24+/m0/s1. The van der Waals surface area contributed by atoms with Gasteiger partial charge in [0.05, 0.1) is 6.04 Å². The number of rotatable bonds is 3. The van der Waals surface area contributed by atoms with Gasteiger partial charge in [-0.1, -0.05) is 54.6 Å². The quantitative estimate of drug-likeness (QED) is 0.618. The number of ether oxygens (including phenoxy) is 1. The van der Waals surface area contributed by atoms with E-state index in [-0.39, 0.29) is 11.9 Å². The zero-order valence-corrected chi connectivity index (χ0v) is 17.2. The summed E-state index contributed by atoms with van der Waals surface area (Å²) in [5.41, 5.74) is 1.55. The molecule has 2 heterocycles. The lowest BCUT2D eigenvalue weighted by molar-refractivity contribution is -0.130. The van der Waals surface area contributed by atoms with Gasteiger partial charge < -0.3 is 15.4 Å². The Bertz CT molecular complexity index is 1110. The highest BCUT2D eigenvalue weighted by atomic mass is 32.1. The number of benzene rings is 3. The van der Waals surface area contributed by atoms with Crippen LogP contribution in [0.1, 0.15) is 18.5 Å². The van der Waals surface area contributed by atoms with Crippen LogP contribution in [0.15, 0.2) is 84.9 Å². The smallest absolute Gasteiger partial charge is 0.236 e. The Morgan fingerprint density at radius 2 is 1.63 bits per heavy atom. The molecule has 0 spiro atoms. The first kappa shape index (κ1) is 18.6. The molecule has 2 N–H and O–H groups in total. The summed E-state index contributed by atoms with van der Waals surface area (Å²) >= 11 is 5.74. The molecule has 1 saturated heterocycles. The normalized spacial score (nSPS) is 24.3. The second-order valence-electron chi connectivity index (χ2n) is 7.63. The van der Waals surface area contributed by atoms with E-state index in [4.69, 9.17) is 17.0 Å². The summed E-state index contributed by atoms with van der Waals surface area (Å²) in [5.74, 6) is 0.0864. The van der Waals surface area contributed by atoms with Crippen molar-refractivity contribution in [3.63, 3.8) is 0 Å². The minimum atomic E-state index is -0.998. The van der Waals surface area contributed by atoms with Gasteiger partial charge in [-0.25, -0.2) is 0 Å². The molecule has 5 nitrogen and oxygen atoms in total. The van der Waals surface area contributed by atoms with Crippen LogP contribution < -0.4 is 20.3 Å². The van der Waals surface area contributed by atoms with Gasteiger partial charge in [0.1, 0.15) is 11.7 Å². The van der Waals surface area contributed by atoms with Crippen LogP contribution in [0.3, 0.4) is 0 Å². The van der Waals surface area contributed by atoms with E-state index in [1.54, 1.807) is 0 Å². The molecule has 1 fully saturated rings. The molecule has 2 aliphatic heterocycles. The minimum Gasteiger partial charge on any atom is -0.467 e. The van der Waals surface area contributed by atoms with E-state index in [1.807, 2.05) is 96.8 Å². The van der Waals surface area contributed by atoms with Gasteiger partial charge in [0.2, 0.25) is 5.91 Å². The van der Waals surface area contributed by atoms with Crippen molar-refractivity contribution in [1.82, 2.24) is 5.32 Å². The fourth-order valence-corrected chi connectivity index (χ4v) is 4.85. The molecule has 0 saturated carbocycles. The predicted octanol–water partition coefficient (Wildman–Crippen LogP) is 4.49. The van der Waals surface area contributed by atoms with Crippen molar-refractivity contribution in [3.8, 4) is 5.75 Å². The number of carbonyl (C=O) groups excluding carboxylic acids is 1. The molecule has 3 aromatic rings. The number of nitrogens with zero attached hydrogens (tertiary/aromatic N) is 1. The maximum Gasteiger partial charge on any atom is 0.236 e. The van der Waals surface area contributed by atoms with Crippen LogP contribution in [-0.2, 0) is 4.79 Å². The Hall–Kier alpha value is -3.38. The molecule has 0 aromatic heterocycles. The predicted molar refractivity (Wildman–Crippen MR) is 121 cm³/mol. The minimum absolute atomic E-state index is 0.126. The van der Waals surface area contributed by atoms with Crippen molar-refractivity contribution < 1.29 is 9.53 Å². The lowest BCUT2D eigenvalue weighted by Crippen LogP contribution is -2.72. The maximum atomic E-state index is 13.6. The monoisotopic (exact) mass is 415 g/mol. The second-order valence-corrected chi connectivity index (χ2v) is 8.01. The molecule has 30 heavy (non-hydrogen) atoms. The third kappa shape index (κ3) is 2.92. The van der Waals surface area contributed by atoms with E-state index in [0.29, 0.717) is 5.11 Å². The molecule has 0 radical (unpaired) electrons. The summed E-state index contributed by atoms with van der Waals surface area (Å²) in [5, 5.41) is 7.00. The second kappa shape index (κ2) is 7.15. The van der Waals surface area contributed by atoms with Gasteiger partial charge in [-0.2, -0.15) is 0 Å². The van der Waals surface area contributed by atoms with Gasteiger partial charge in [-0.3, -0.25) is 9.69 Å². The van der Waals surface area contributed by atoms with Crippen molar-refractivity contribution in [3.05, 3.63) is 90.5 Å². The first-order chi connectivity index (χ1) is 14.6. The van der Waals surface area contributed by atoms with Gasteiger partial charge >= 0.3 is 0 Å². The highest BCUT2D eigenvalue weighted by molar-refractivity contribution is 7.80. The van der Waals surface area contributed by atoms with Crippen molar-refractivity contribution in [2.75, 3.05) is 10.2 Å². The van der Waals surface area contributed by atoms with Gasteiger partial charge in [0.15, 0.2) is 10.8 Å². The number of amides is 1. The number of carbonyl (C=O) groups is 1. The Kier molecular flexibility index (Phi) is 4.44. The third-order valence-electron chi connectivity index (χ3n) is 5.75. The maximum absolute atomic E-state index is 13.6. The van der Waals surface area contributed by atoms with E-state index in [9.17, 15) is 4.79 Å². The van der Waals surface area contributed by atoms with Gasteiger partial charge in [-0.15, -0.1) is 0 Å². The molecular formula is C24H21N3O2S. The summed E-state index contributed by atoms with van der Waals surface area (Å²) in [4.78, 5) is 15.5. The number of fused-ring (bicyclic) bond motifs is 4. The first-order valence-corrected chi connectivity index (χ1v) is 10.3. The third-order valence-corrected chi connectivity index (χ3v) is 6.05. The van der Waals surface area contributed by atoms with E-state index in [0.717, 1.165) is 22.7 Å². The number of thiocarbonyl (C=S) groups is 1. The van der Waals surface area contributed by atoms with Crippen molar-refractivity contribution >= 4 is 34.6 Å². The molecule has 3 atom stereocenters. The van der Waals surface area contributed by atoms with E-state index in [2.05, 4.69) is 10.6 Å². The molecule has 0 aliphatic carbocycles. The van der Waals surface area contributed by atoms with Crippen LogP contribution in [0, 0.1) is 5.92 Å². The summed E-state index contributed by atoms with van der Waals surface area (Å²) < 4.78 is 6.54.